The molecule has 0 amide bonds. The number of nitrogens with one attached hydrogen (secondary N) is 1. The monoisotopic (exact) mass is 438 g/mol. The Morgan fingerprint density at radius 1 is 1.26 bits per heavy atom. The van der Waals surface area contributed by atoms with Crippen LogP contribution in [0.3, 0.4) is 0 Å². The van der Waals surface area contributed by atoms with E-state index in [1.54, 1.807) is 13.0 Å². The van der Waals surface area contributed by atoms with E-state index >= 15 is 0 Å². The number of nitrogens with zero attached hydrogens (tertiary/aromatic N) is 3. The highest BCUT2D eigenvalue weighted by atomic mass is 32.1. The van der Waals surface area contributed by atoms with E-state index in [1.807, 2.05) is 0 Å². The Bertz CT molecular complexity index is 1430. The number of hydrogen-bond acceptors (Lipinski definition) is 6. The molecule has 0 saturated heterocycles. The van der Waals surface area contributed by atoms with Gasteiger partial charge in [-0.3, -0.25) is 9.78 Å². The van der Waals surface area contributed by atoms with Crippen LogP contribution in [-0.4, -0.2) is 30.0 Å². The first-order valence-corrected chi connectivity index (χ1v) is 10.8. The normalized spacial score (nSPS) is 12.5. The van der Waals surface area contributed by atoms with Gasteiger partial charge in [-0.1, -0.05) is 19.4 Å². The standard InChI is InChI=1S/C22H22N4O4S/c1-4-5-17(21(28)29)26-20(27)14-10-23-13(8-15(14)24-22(26)30)9-16-19-12(3)6-11(2)7-18(19)31-25-16/h6-8,10,17H,4-5,9H2,1-3H3,(H,24,30)(H,28,29)/t17-/m0/s1. The van der Waals surface area contributed by atoms with E-state index in [0.29, 0.717) is 24.1 Å². The van der Waals surface area contributed by atoms with Gasteiger partial charge in [0.2, 0.25) is 0 Å². The molecule has 1 atom stereocenters. The number of aryl methyl sites for hydroxylation is 2. The zero-order valence-electron chi connectivity index (χ0n) is 17.4. The topological polar surface area (TPSA) is 118 Å². The molecule has 9 heteroatoms. The molecule has 1 aromatic carbocycles. The van der Waals surface area contributed by atoms with Crippen molar-refractivity contribution in [1.82, 2.24) is 18.9 Å². The Kier molecular flexibility index (Phi) is 5.45. The second-order valence-corrected chi connectivity index (χ2v) is 8.54. The molecule has 0 fully saturated rings. The maximum absolute atomic E-state index is 12.9. The van der Waals surface area contributed by atoms with Gasteiger partial charge in [0.1, 0.15) is 6.04 Å². The van der Waals surface area contributed by atoms with Gasteiger partial charge >= 0.3 is 11.7 Å². The lowest BCUT2D eigenvalue weighted by molar-refractivity contribution is -0.141. The first-order chi connectivity index (χ1) is 14.8. The van der Waals surface area contributed by atoms with E-state index in [1.165, 1.54) is 23.3 Å². The van der Waals surface area contributed by atoms with Gasteiger partial charge < -0.3 is 10.1 Å². The molecule has 0 aliphatic heterocycles. The highest BCUT2D eigenvalue weighted by molar-refractivity contribution is 7.13. The van der Waals surface area contributed by atoms with Gasteiger partial charge in [-0.2, -0.15) is 4.37 Å². The van der Waals surface area contributed by atoms with Crippen LogP contribution in [0.1, 0.15) is 48.3 Å². The summed E-state index contributed by atoms with van der Waals surface area (Å²) in [6.07, 6.45) is 2.57. The lowest BCUT2D eigenvalue weighted by atomic mass is 10.0. The number of carbonyl (C=O) groups is 1. The van der Waals surface area contributed by atoms with Crippen molar-refractivity contribution in [2.75, 3.05) is 0 Å². The summed E-state index contributed by atoms with van der Waals surface area (Å²) in [5.41, 5.74) is 2.84. The first kappa shape index (κ1) is 20.9. The van der Waals surface area contributed by atoms with Crippen molar-refractivity contribution in [3.05, 3.63) is 67.7 Å². The zero-order chi connectivity index (χ0) is 22.3. The van der Waals surface area contributed by atoms with E-state index < -0.39 is 23.3 Å². The fraction of sp³-hybridized carbons (Fsp3) is 0.318. The Morgan fingerprint density at radius 2 is 2.03 bits per heavy atom. The summed E-state index contributed by atoms with van der Waals surface area (Å²) < 4.78 is 6.47. The highest BCUT2D eigenvalue weighted by Crippen LogP contribution is 2.29. The van der Waals surface area contributed by atoms with Crippen LogP contribution in [0.15, 0.2) is 34.0 Å². The lowest BCUT2D eigenvalue weighted by Gasteiger charge is -2.14. The van der Waals surface area contributed by atoms with E-state index in [-0.39, 0.29) is 11.8 Å². The summed E-state index contributed by atoms with van der Waals surface area (Å²) in [7, 11) is 0. The summed E-state index contributed by atoms with van der Waals surface area (Å²) in [6.45, 7) is 5.90. The summed E-state index contributed by atoms with van der Waals surface area (Å²) in [5.74, 6) is -1.21. The van der Waals surface area contributed by atoms with Crippen molar-refractivity contribution in [2.45, 2.75) is 46.1 Å². The van der Waals surface area contributed by atoms with Crippen molar-refractivity contribution in [3.8, 4) is 0 Å². The predicted octanol–water partition coefficient (Wildman–Crippen LogP) is 3.33. The molecule has 0 unspecified atom stereocenters. The number of aromatic nitrogens is 4. The number of fused-ring (bicyclic) bond motifs is 2. The Labute approximate surface area is 181 Å². The molecule has 8 nitrogen and oxygen atoms in total. The summed E-state index contributed by atoms with van der Waals surface area (Å²) >= 11 is 1.44. The van der Waals surface area contributed by atoms with E-state index in [4.69, 9.17) is 0 Å². The third-order valence-corrected chi connectivity index (χ3v) is 6.19. The molecular formula is C22H22N4O4S. The molecule has 3 aromatic heterocycles. The van der Waals surface area contributed by atoms with Crippen LogP contribution in [0, 0.1) is 13.8 Å². The van der Waals surface area contributed by atoms with Gasteiger partial charge in [0.05, 0.1) is 21.3 Å². The number of hydrogen-bond donors (Lipinski definition) is 2. The van der Waals surface area contributed by atoms with Crippen LogP contribution >= 0.6 is 11.5 Å². The molecule has 4 rings (SSSR count). The van der Waals surface area contributed by atoms with Gasteiger partial charge in [0.25, 0.3) is 5.56 Å². The van der Waals surface area contributed by atoms with E-state index in [0.717, 1.165) is 25.9 Å². The maximum Gasteiger partial charge on any atom is 0.329 e. The van der Waals surface area contributed by atoms with Gasteiger partial charge in [-0.15, -0.1) is 0 Å². The van der Waals surface area contributed by atoms with Crippen molar-refractivity contribution < 1.29 is 9.90 Å². The molecule has 31 heavy (non-hydrogen) atoms. The molecule has 2 N–H and O–H groups in total. The number of rotatable bonds is 6. The van der Waals surface area contributed by atoms with Crippen LogP contribution in [0.25, 0.3) is 21.0 Å². The average Bonchev–Trinajstić information content (AvgIpc) is 3.09. The second kappa shape index (κ2) is 8.07. The second-order valence-electron chi connectivity index (χ2n) is 7.73. The van der Waals surface area contributed by atoms with Crippen molar-refractivity contribution in [2.24, 2.45) is 0 Å². The van der Waals surface area contributed by atoms with Gasteiger partial charge in [-0.25, -0.2) is 14.2 Å². The number of H-pyrrole nitrogens is 1. The molecule has 3 heterocycles. The molecule has 0 aliphatic carbocycles. The van der Waals surface area contributed by atoms with Crippen LogP contribution in [0.2, 0.25) is 0 Å². The molecular weight excluding hydrogens is 416 g/mol. The van der Waals surface area contributed by atoms with Gasteiger partial charge in [-0.05, 0) is 55.1 Å². The van der Waals surface area contributed by atoms with Crippen LogP contribution < -0.4 is 11.2 Å². The number of aliphatic carboxylic acids is 1. The lowest BCUT2D eigenvalue weighted by Crippen LogP contribution is -2.41. The highest BCUT2D eigenvalue weighted by Gasteiger charge is 2.23. The fourth-order valence-corrected chi connectivity index (χ4v) is 4.97. The predicted molar refractivity (Wildman–Crippen MR) is 120 cm³/mol. The number of pyridine rings is 1. The summed E-state index contributed by atoms with van der Waals surface area (Å²) in [6, 6.07) is 4.67. The SMILES string of the molecule is CCC[C@@H](C(=O)O)n1c(=O)[nH]c2cc(Cc3nsc4cc(C)cc(C)c34)ncc2c1=O. The quantitative estimate of drug-likeness (QED) is 0.477. The third kappa shape index (κ3) is 3.76. The molecule has 160 valence electrons. The number of carboxylic acid groups (broad SMARTS) is 1. The summed E-state index contributed by atoms with van der Waals surface area (Å²) in [4.78, 5) is 44.1. The molecule has 0 radical (unpaired) electrons. The first-order valence-electron chi connectivity index (χ1n) is 10.0. The minimum absolute atomic E-state index is 0.181. The van der Waals surface area contributed by atoms with Crippen molar-refractivity contribution in [1.29, 1.82) is 0 Å². The van der Waals surface area contributed by atoms with Crippen LogP contribution in [0.5, 0.6) is 0 Å². The van der Waals surface area contributed by atoms with Crippen LogP contribution in [0.4, 0.5) is 0 Å². The minimum Gasteiger partial charge on any atom is -0.480 e. The number of benzene rings is 1. The Balaban J connectivity index is 1.78. The molecule has 0 saturated carbocycles. The maximum atomic E-state index is 12.9. The van der Waals surface area contributed by atoms with Gasteiger partial charge in [0.15, 0.2) is 0 Å². The Morgan fingerprint density at radius 3 is 2.74 bits per heavy atom. The van der Waals surface area contributed by atoms with Crippen LogP contribution in [-0.2, 0) is 11.2 Å². The molecule has 0 bridgehead atoms. The number of aromatic amines is 1. The van der Waals surface area contributed by atoms with Crippen molar-refractivity contribution in [3.63, 3.8) is 0 Å². The van der Waals surface area contributed by atoms with E-state index in [2.05, 4.69) is 40.3 Å². The third-order valence-electron chi connectivity index (χ3n) is 5.36. The average molecular weight is 439 g/mol. The number of carboxylic acids is 1. The largest absolute Gasteiger partial charge is 0.480 e. The summed E-state index contributed by atoms with van der Waals surface area (Å²) in [5, 5.41) is 10.7. The zero-order valence-corrected chi connectivity index (χ0v) is 18.2. The molecule has 0 aliphatic rings. The van der Waals surface area contributed by atoms with E-state index in [9.17, 15) is 19.5 Å². The van der Waals surface area contributed by atoms with Gasteiger partial charge in [0, 0.05) is 23.7 Å². The minimum atomic E-state index is -1.21. The molecule has 0 spiro atoms. The smallest absolute Gasteiger partial charge is 0.329 e. The van der Waals surface area contributed by atoms with Crippen molar-refractivity contribution >= 4 is 38.5 Å². The Hall–Kier alpha value is -3.33. The molecule has 4 aromatic rings. The fourth-order valence-electron chi connectivity index (χ4n) is 4.00.